The monoisotopic (exact) mass is 332 g/mol. The third kappa shape index (κ3) is 4.03. The molecule has 1 aliphatic heterocycles. The molecule has 1 fully saturated rings. The molecule has 0 radical (unpaired) electrons. The van der Waals surface area contributed by atoms with Crippen LogP contribution in [0.5, 0.6) is 0 Å². The van der Waals surface area contributed by atoms with Crippen molar-refractivity contribution < 1.29 is 9.21 Å². The van der Waals surface area contributed by atoms with Crippen LogP contribution in [-0.4, -0.2) is 29.9 Å². The molecule has 2 aromatic heterocycles. The smallest absolute Gasteiger partial charge is 0.257 e. The largest absolute Gasteiger partial charge is 0.472 e. The van der Waals surface area contributed by atoms with Gasteiger partial charge in [0.15, 0.2) is 0 Å². The zero-order valence-corrected chi connectivity index (χ0v) is 14.3. The second-order valence-corrected chi connectivity index (χ2v) is 6.92. The van der Waals surface area contributed by atoms with Gasteiger partial charge in [0.1, 0.15) is 6.26 Å². The van der Waals surface area contributed by atoms with Gasteiger partial charge >= 0.3 is 0 Å². The van der Waals surface area contributed by atoms with E-state index in [2.05, 4.69) is 29.1 Å². The van der Waals surface area contributed by atoms with Crippen LogP contribution in [0.3, 0.4) is 0 Å². The zero-order valence-electron chi connectivity index (χ0n) is 13.5. The van der Waals surface area contributed by atoms with Crippen molar-refractivity contribution in [3.05, 3.63) is 46.5 Å². The zero-order chi connectivity index (χ0) is 16.1. The Morgan fingerprint density at radius 1 is 1.43 bits per heavy atom. The highest BCUT2D eigenvalue weighted by molar-refractivity contribution is 7.07. The fourth-order valence-corrected chi connectivity index (χ4v) is 3.92. The van der Waals surface area contributed by atoms with Gasteiger partial charge in [0, 0.05) is 25.2 Å². The van der Waals surface area contributed by atoms with Crippen molar-refractivity contribution in [2.75, 3.05) is 13.1 Å². The Kier molecular flexibility index (Phi) is 5.51. The number of hydrogen-bond donors (Lipinski definition) is 1. The molecular formula is C18H24N2O2S. The standard InChI is InChI=1S/C18H24N2O2S/c1-2-3-17(15-7-11-23-13-15)19-16-4-8-20(9-5-16)18(21)14-6-10-22-12-14/h6-7,10-13,16-17,19H,2-5,8-9H2,1H3/t17-/m0/s1. The summed E-state index contributed by atoms with van der Waals surface area (Å²) in [5, 5.41) is 8.19. The minimum atomic E-state index is 0.0835. The first kappa shape index (κ1) is 16.3. The maximum Gasteiger partial charge on any atom is 0.257 e. The molecule has 1 amide bonds. The Morgan fingerprint density at radius 3 is 2.87 bits per heavy atom. The topological polar surface area (TPSA) is 45.5 Å². The molecule has 3 heterocycles. The van der Waals surface area contributed by atoms with Gasteiger partial charge in [-0.3, -0.25) is 4.79 Å². The molecule has 1 atom stereocenters. The highest BCUT2D eigenvalue weighted by atomic mass is 32.1. The number of amides is 1. The summed E-state index contributed by atoms with van der Waals surface area (Å²) >= 11 is 1.76. The van der Waals surface area contributed by atoms with Crippen molar-refractivity contribution in [1.82, 2.24) is 10.2 Å². The summed E-state index contributed by atoms with van der Waals surface area (Å²) in [6, 6.07) is 4.88. The summed E-state index contributed by atoms with van der Waals surface area (Å²) in [7, 11) is 0. The second-order valence-electron chi connectivity index (χ2n) is 6.14. The number of hydrogen-bond acceptors (Lipinski definition) is 4. The van der Waals surface area contributed by atoms with Crippen LogP contribution in [0.4, 0.5) is 0 Å². The summed E-state index contributed by atoms with van der Waals surface area (Å²) < 4.78 is 5.01. The normalized spacial score (nSPS) is 17.3. The first-order chi connectivity index (χ1) is 11.3. The van der Waals surface area contributed by atoms with Crippen LogP contribution in [0, 0.1) is 0 Å². The van der Waals surface area contributed by atoms with Gasteiger partial charge in [0.2, 0.25) is 0 Å². The Bertz CT molecular complexity index is 587. The van der Waals surface area contributed by atoms with E-state index in [4.69, 9.17) is 4.42 Å². The summed E-state index contributed by atoms with van der Waals surface area (Å²) in [5.41, 5.74) is 2.05. The molecule has 2 aromatic rings. The predicted molar refractivity (Wildman–Crippen MR) is 92.7 cm³/mol. The van der Waals surface area contributed by atoms with E-state index < -0.39 is 0 Å². The highest BCUT2D eigenvalue weighted by Gasteiger charge is 2.25. The van der Waals surface area contributed by atoms with Crippen LogP contribution < -0.4 is 5.32 Å². The van der Waals surface area contributed by atoms with E-state index in [-0.39, 0.29) is 5.91 Å². The first-order valence-corrected chi connectivity index (χ1v) is 9.32. The molecule has 0 bridgehead atoms. The lowest BCUT2D eigenvalue weighted by molar-refractivity contribution is 0.0700. The molecule has 0 unspecified atom stereocenters. The van der Waals surface area contributed by atoms with E-state index >= 15 is 0 Å². The molecule has 1 aliphatic rings. The molecule has 0 aromatic carbocycles. The lowest BCUT2D eigenvalue weighted by atomic mass is 9.99. The molecular weight excluding hydrogens is 308 g/mol. The van der Waals surface area contributed by atoms with E-state index in [0.717, 1.165) is 32.4 Å². The Balaban J connectivity index is 1.53. The van der Waals surface area contributed by atoms with Crippen molar-refractivity contribution >= 4 is 17.2 Å². The number of likely N-dealkylation sites (tertiary alicyclic amines) is 1. The maximum absolute atomic E-state index is 12.3. The van der Waals surface area contributed by atoms with Crippen LogP contribution in [-0.2, 0) is 0 Å². The van der Waals surface area contributed by atoms with Crippen molar-refractivity contribution in [2.45, 2.75) is 44.7 Å². The van der Waals surface area contributed by atoms with Gasteiger partial charge in [-0.15, -0.1) is 0 Å². The maximum atomic E-state index is 12.3. The number of furan rings is 1. The van der Waals surface area contributed by atoms with E-state index in [9.17, 15) is 4.79 Å². The Morgan fingerprint density at radius 2 is 2.26 bits per heavy atom. The minimum absolute atomic E-state index is 0.0835. The van der Waals surface area contributed by atoms with Crippen molar-refractivity contribution in [1.29, 1.82) is 0 Å². The number of thiophene rings is 1. The molecule has 1 N–H and O–H groups in total. The molecule has 0 spiro atoms. The van der Waals surface area contributed by atoms with Gasteiger partial charge in [-0.25, -0.2) is 0 Å². The van der Waals surface area contributed by atoms with E-state index in [1.165, 1.54) is 18.2 Å². The van der Waals surface area contributed by atoms with Crippen LogP contribution in [0.15, 0.2) is 39.8 Å². The van der Waals surface area contributed by atoms with Gasteiger partial charge in [0.05, 0.1) is 11.8 Å². The van der Waals surface area contributed by atoms with Crippen LogP contribution >= 0.6 is 11.3 Å². The third-order valence-electron chi connectivity index (χ3n) is 4.51. The fourth-order valence-electron chi connectivity index (χ4n) is 3.21. The number of carbonyl (C=O) groups excluding carboxylic acids is 1. The van der Waals surface area contributed by atoms with Crippen LogP contribution in [0.2, 0.25) is 0 Å². The van der Waals surface area contributed by atoms with Gasteiger partial charge in [-0.05, 0) is 47.7 Å². The Labute approximate surface area is 141 Å². The average Bonchev–Trinajstić information content (AvgIpc) is 3.28. The van der Waals surface area contributed by atoms with Crippen molar-refractivity contribution in [2.24, 2.45) is 0 Å². The van der Waals surface area contributed by atoms with E-state index in [1.807, 2.05) is 4.90 Å². The van der Waals surface area contributed by atoms with E-state index in [0.29, 0.717) is 17.6 Å². The fraction of sp³-hybridized carbons (Fsp3) is 0.500. The SMILES string of the molecule is CCC[C@H](NC1CCN(C(=O)c2ccoc2)CC1)c1ccsc1. The van der Waals surface area contributed by atoms with Crippen LogP contribution in [0.25, 0.3) is 0 Å². The second kappa shape index (κ2) is 7.79. The third-order valence-corrected chi connectivity index (χ3v) is 5.21. The number of piperidine rings is 1. The number of carbonyl (C=O) groups is 1. The van der Waals surface area contributed by atoms with Gasteiger partial charge < -0.3 is 14.6 Å². The molecule has 0 aliphatic carbocycles. The summed E-state index contributed by atoms with van der Waals surface area (Å²) in [6.07, 6.45) is 7.43. The Hall–Kier alpha value is -1.59. The van der Waals surface area contributed by atoms with Crippen molar-refractivity contribution in [3.8, 4) is 0 Å². The number of nitrogens with one attached hydrogen (secondary N) is 1. The number of nitrogens with zero attached hydrogens (tertiary/aromatic N) is 1. The molecule has 3 rings (SSSR count). The molecule has 5 heteroatoms. The summed E-state index contributed by atoms with van der Waals surface area (Å²) in [4.78, 5) is 14.3. The molecule has 124 valence electrons. The van der Waals surface area contributed by atoms with Gasteiger partial charge in [-0.2, -0.15) is 11.3 Å². The van der Waals surface area contributed by atoms with Crippen molar-refractivity contribution in [3.63, 3.8) is 0 Å². The highest BCUT2D eigenvalue weighted by Crippen LogP contribution is 2.24. The van der Waals surface area contributed by atoms with Gasteiger partial charge in [-0.1, -0.05) is 13.3 Å². The van der Waals surface area contributed by atoms with E-state index in [1.54, 1.807) is 23.7 Å². The molecule has 23 heavy (non-hydrogen) atoms. The summed E-state index contributed by atoms with van der Waals surface area (Å²) in [6.45, 7) is 3.85. The average molecular weight is 332 g/mol. The summed E-state index contributed by atoms with van der Waals surface area (Å²) in [5.74, 6) is 0.0835. The molecule has 1 saturated heterocycles. The van der Waals surface area contributed by atoms with Crippen LogP contribution in [0.1, 0.15) is 54.6 Å². The molecule has 4 nitrogen and oxygen atoms in total. The predicted octanol–water partition coefficient (Wildman–Crippen LogP) is 4.08. The minimum Gasteiger partial charge on any atom is -0.472 e. The van der Waals surface area contributed by atoms with Gasteiger partial charge in [0.25, 0.3) is 5.91 Å². The lowest BCUT2D eigenvalue weighted by Crippen LogP contribution is -2.45. The first-order valence-electron chi connectivity index (χ1n) is 8.37. The number of rotatable bonds is 6. The molecule has 0 saturated carbocycles. The lowest BCUT2D eigenvalue weighted by Gasteiger charge is -2.34. The quantitative estimate of drug-likeness (QED) is 0.867.